The van der Waals surface area contributed by atoms with Gasteiger partial charge in [0.1, 0.15) is 4.21 Å². The van der Waals surface area contributed by atoms with E-state index in [1.807, 2.05) is 13.0 Å². The summed E-state index contributed by atoms with van der Waals surface area (Å²) in [6.45, 7) is 2.36. The van der Waals surface area contributed by atoms with Gasteiger partial charge in [0.15, 0.2) is 0 Å². The normalized spacial score (nSPS) is 18.5. The topological polar surface area (TPSA) is 72.2 Å². The lowest BCUT2D eigenvalue weighted by Gasteiger charge is -2.33. The zero-order valence-corrected chi connectivity index (χ0v) is 14.2. The fourth-order valence-corrected chi connectivity index (χ4v) is 4.91. The summed E-state index contributed by atoms with van der Waals surface area (Å²) >= 11 is 1.33. The number of halogens is 1. The lowest BCUT2D eigenvalue weighted by atomic mass is 9.83. The summed E-state index contributed by atoms with van der Waals surface area (Å²) in [7, 11) is -3.40. The molecule has 1 fully saturated rings. The Bertz CT molecular complexity index is 522. The van der Waals surface area contributed by atoms with Gasteiger partial charge in [0.25, 0.3) is 0 Å². The van der Waals surface area contributed by atoms with Crippen molar-refractivity contribution in [3.63, 3.8) is 0 Å². The maximum absolute atomic E-state index is 12.2. The molecular formula is C13H23ClN2O2S2. The highest BCUT2D eigenvalue weighted by Gasteiger charge is 2.29. The van der Waals surface area contributed by atoms with Crippen molar-refractivity contribution >= 4 is 33.8 Å². The molecule has 0 saturated heterocycles. The summed E-state index contributed by atoms with van der Waals surface area (Å²) in [5.74, 6) is 0. The molecule has 116 valence electrons. The summed E-state index contributed by atoms with van der Waals surface area (Å²) in [4.78, 5) is 1.08. The Labute approximate surface area is 131 Å². The fourth-order valence-electron chi connectivity index (χ4n) is 2.44. The van der Waals surface area contributed by atoms with E-state index in [2.05, 4.69) is 4.72 Å². The molecule has 0 bridgehead atoms. The molecule has 0 atom stereocenters. The standard InChI is InChI=1S/C13H22N2O2S2.ClH/c1-2-11-6-7-12(18-11)19(16,17)15-10-13(14)8-4-3-5-9-13;/h6-7,15H,2-5,8-10,14H2,1H3;1H. The fraction of sp³-hybridized carbons (Fsp3) is 0.692. The van der Waals surface area contributed by atoms with Crippen LogP contribution in [0.5, 0.6) is 0 Å². The monoisotopic (exact) mass is 338 g/mol. The van der Waals surface area contributed by atoms with E-state index in [0.717, 1.165) is 37.0 Å². The highest BCUT2D eigenvalue weighted by Crippen LogP contribution is 2.26. The van der Waals surface area contributed by atoms with Crippen molar-refractivity contribution in [1.82, 2.24) is 4.72 Å². The second kappa shape index (κ2) is 7.22. The van der Waals surface area contributed by atoms with E-state index in [-0.39, 0.29) is 17.9 Å². The Morgan fingerprint density at radius 3 is 2.50 bits per heavy atom. The average molecular weight is 339 g/mol. The van der Waals surface area contributed by atoms with Crippen LogP contribution in [-0.2, 0) is 16.4 Å². The van der Waals surface area contributed by atoms with E-state index in [1.54, 1.807) is 6.07 Å². The van der Waals surface area contributed by atoms with Crippen molar-refractivity contribution < 1.29 is 8.42 Å². The second-order valence-electron chi connectivity index (χ2n) is 5.32. The lowest BCUT2D eigenvalue weighted by molar-refractivity contribution is 0.296. The van der Waals surface area contributed by atoms with Crippen LogP contribution in [0.2, 0.25) is 0 Å². The highest BCUT2D eigenvalue weighted by atomic mass is 35.5. The molecule has 1 aromatic rings. The Morgan fingerprint density at radius 2 is 1.95 bits per heavy atom. The van der Waals surface area contributed by atoms with Crippen LogP contribution in [0.3, 0.4) is 0 Å². The van der Waals surface area contributed by atoms with Gasteiger partial charge in [0.2, 0.25) is 10.0 Å². The first-order valence-electron chi connectivity index (χ1n) is 6.82. The van der Waals surface area contributed by atoms with E-state index in [0.29, 0.717) is 10.8 Å². The number of nitrogens with one attached hydrogen (secondary N) is 1. The first kappa shape index (κ1) is 17.9. The Morgan fingerprint density at radius 1 is 1.30 bits per heavy atom. The van der Waals surface area contributed by atoms with Crippen LogP contribution in [0.15, 0.2) is 16.3 Å². The van der Waals surface area contributed by atoms with Crippen molar-refractivity contribution in [2.75, 3.05) is 6.54 Å². The number of aryl methyl sites for hydroxylation is 1. The summed E-state index contributed by atoms with van der Waals surface area (Å²) in [6, 6.07) is 3.55. The van der Waals surface area contributed by atoms with Gasteiger partial charge in [0.05, 0.1) is 0 Å². The quantitative estimate of drug-likeness (QED) is 0.867. The SMILES string of the molecule is CCc1ccc(S(=O)(=O)NCC2(N)CCCCC2)s1.Cl. The molecule has 20 heavy (non-hydrogen) atoms. The van der Waals surface area contributed by atoms with Crippen LogP contribution in [0, 0.1) is 0 Å². The molecule has 0 aromatic carbocycles. The van der Waals surface area contributed by atoms with Gasteiger partial charge < -0.3 is 5.73 Å². The van der Waals surface area contributed by atoms with E-state index in [1.165, 1.54) is 17.8 Å². The van der Waals surface area contributed by atoms with Gasteiger partial charge in [-0.1, -0.05) is 26.2 Å². The molecule has 0 amide bonds. The molecule has 0 radical (unpaired) electrons. The number of nitrogens with two attached hydrogens (primary N) is 1. The largest absolute Gasteiger partial charge is 0.324 e. The first-order valence-corrected chi connectivity index (χ1v) is 9.12. The van der Waals surface area contributed by atoms with Crippen molar-refractivity contribution in [3.05, 3.63) is 17.0 Å². The molecular weight excluding hydrogens is 316 g/mol. The van der Waals surface area contributed by atoms with Crippen LogP contribution in [-0.4, -0.2) is 20.5 Å². The highest BCUT2D eigenvalue weighted by molar-refractivity contribution is 7.91. The minimum absolute atomic E-state index is 0. The molecule has 3 N–H and O–H groups in total. The Kier molecular flexibility index (Phi) is 6.47. The van der Waals surface area contributed by atoms with Crippen molar-refractivity contribution in [2.24, 2.45) is 5.73 Å². The van der Waals surface area contributed by atoms with Gasteiger partial charge in [-0.15, -0.1) is 23.7 Å². The molecule has 0 unspecified atom stereocenters. The predicted molar refractivity (Wildman–Crippen MR) is 86.1 cm³/mol. The van der Waals surface area contributed by atoms with Gasteiger partial charge in [-0.2, -0.15) is 0 Å². The van der Waals surface area contributed by atoms with Crippen LogP contribution in [0.1, 0.15) is 43.9 Å². The first-order chi connectivity index (χ1) is 8.95. The van der Waals surface area contributed by atoms with Crippen LogP contribution >= 0.6 is 23.7 Å². The molecule has 2 rings (SSSR count). The summed E-state index contributed by atoms with van der Waals surface area (Å²) < 4.78 is 27.5. The molecule has 4 nitrogen and oxygen atoms in total. The summed E-state index contributed by atoms with van der Waals surface area (Å²) in [6.07, 6.45) is 6.06. The van der Waals surface area contributed by atoms with E-state index < -0.39 is 10.0 Å². The predicted octanol–water partition coefficient (Wildman–Crippen LogP) is 2.67. The van der Waals surface area contributed by atoms with E-state index >= 15 is 0 Å². The molecule has 0 aliphatic heterocycles. The third-order valence-corrected chi connectivity index (χ3v) is 6.84. The number of hydrogen-bond donors (Lipinski definition) is 2. The summed E-state index contributed by atoms with van der Waals surface area (Å²) in [5.41, 5.74) is 5.89. The van der Waals surface area contributed by atoms with Gasteiger partial charge in [-0.05, 0) is 31.4 Å². The lowest BCUT2D eigenvalue weighted by Crippen LogP contribution is -2.51. The minimum atomic E-state index is -3.40. The molecule has 1 heterocycles. The zero-order valence-electron chi connectivity index (χ0n) is 11.7. The van der Waals surface area contributed by atoms with Crippen LogP contribution < -0.4 is 10.5 Å². The van der Waals surface area contributed by atoms with Gasteiger partial charge in [-0.25, -0.2) is 13.1 Å². The van der Waals surface area contributed by atoms with E-state index in [4.69, 9.17) is 5.73 Å². The summed E-state index contributed by atoms with van der Waals surface area (Å²) in [5, 5.41) is 0. The average Bonchev–Trinajstić information content (AvgIpc) is 2.87. The third-order valence-electron chi connectivity index (χ3n) is 3.71. The third kappa shape index (κ3) is 4.43. The maximum Gasteiger partial charge on any atom is 0.250 e. The molecule has 1 aliphatic carbocycles. The number of thiophene rings is 1. The van der Waals surface area contributed by atoms with Crippen molar-refractivity contribution in [2.45, 2.75) is 55.2 Å². The van der Waals surface area contributed by atoms with Crippen molar-refractivity contribution in [3.8, 4) is 0 Å². The van der Waals surface area contributed by atoms with Crippen molar-refractivity contribution in [1.29, 1.82) is 0 Å². The smallest absolute Gasteiger partial charge is 0.250 e. The Balaban J connectivity index is 0.00000200. The molecule has 0 spiro atoms. The van der Waals surface area contributed by atoms with Gasteiger partial charge >= 0.3 is 0 Å². The molecule has 1 aliphatic rings. The minimum Gasteiger partial charge on any atom is -0.324 e. The number of sulfonamides is 1. The Hall–Kier alpha value is -0.140. The second-order valence-corrected chi connectivity index (χ2v) is 8.48. The van der Waals surface area contributed by atoms with Gasteiger partial charge in [0, 0.05) is 17.0 Å². The van der Waals surface area contributed by atoms with Crippen LogP contribution in [0.25, 0.3) is 0 Å². The van der Waals surface area contributed by atoms with Gasteiger partial charge in [-0.3, -0.25) is 0 Å². The molecule has 1 aromatic heterocycles. The molecule has 7 heteroatoms. The maximum atomic E-state index is 12.2. The van der Waals surface area contributed by atoms with E-state index in [9.17, 15) is 8.42 Å². The molecule has 1 saturated carbocycles. The number of rotatable bonds is 5. The number of hydrogen-bond acceptors (Lipinski definition) is 4. The zero-order chi connectivity index (χ0) is 13.9. The van der Waals surface area contributed by atoms with Crippen LogP contribution in [0.4, 0.5) is 0 Å².